The summed E-state index contributed by atoms with van der Waals surface area (Å²) < 4.78 is 5.20. The molecule has 0 saturated heterocycles. The van der Waals surface area contributed by atoms with Gasteiger partial charge < -0.3 is 15.5 Å². The maximum Gasteiger partial charge on any atom is 0.292 e. The van der Waals surface area contributed by atoms with E-state index < -0.39 is 10.8 Å². The molecular weight excluding hydrogens is 274 g/mol. The number of nitrogens with zero attached hydrogens (tertiary/aromatic N) is 1. The second-order valence-electron chi connectivity index (χ2n) is 4.65. The van der Waals surface area contributed by atoms with E-state index in [2.05, 4.69) is 5.32 Å². The number of rotatable bonds is 5. The van der Waals surface area contributed by atoms with E-state index in [0.717, 1.165) is 5.76 Å². The molecular formula is C14H15N3O4. The summed E-state index contributed by atoms with van der Waals surface area (Å²) in [5, 5.41) is 13.6. The molecule has 1 amide bonds. The zero-order valence-corrected chi connectivity index (χ0v) is 11.4. The second kappa shape index (κ2) is 6.08. The van der Waals surface area contributed by atoms with Gasteiger partial charge in [0.25, 0.3) is 11.6 Å². The molecule has 2 aromatic rings. The molecule has 0 saturated carbocycles. The highest BCUT2D eigenvalue weighted by Crippen LogP contribution is 2.24. The molecule has 1 heterocycles. The molecule has 1 unspecified atom stereocenters. The first-order valence-electron chi connectivity index (χ1n) is 6.35. The SMILES string of the molecule is CC(Cc1ccco1)NC(=O)c1cccc([N+](=O)[O-])c1N. The predicted molar refractivity (Wildman–Crippen MR) is 76.8 cm³/mol. The summed E-state index contributed by atoms with van der Waals surface area (Å²) >= 11 is 0. The van der Waals surface area contributed by atoms with Crippen LogP contribution in [0.1, 0.15) is 23.0 Å². The van der Waals surface area contributed by atoms with Crippen molar-refractivity contribution in [3.8, 4) is 0 Å². The number of carbonyl (C=O) groups is 1. The monoisotopic (exact) mass is 289 g/mol. The number of benzene rings is 1. The van der Waals surface area contributed by atoms with Crippen LogP contribution in [-0.2, 0) is 6.42 Å². The third-order valence-corrected chi connectivity index (χ3v) is 2.99. The van der Waals surface area contributed by atoms with Crippen molar-refractivity contribution in [2.24, 2.45) is 0 Å². The molecule has 2 rings (SSSR count). The van der Waals surface area contributed by atoms with E-state index in [1.165, 1.54) is 18.2 Å². The van der Waals surface area contributed by atoms with Crippen LogP contribution in [0, 0.1) is 10.1 Å². The second-order valence-corrected chi connectivity index (χ2v) is 4.65. The largest absolute Gasteiger partial charge is 0.469 e. The number of nitro groups is 1. The third kappa shape index (κ3) is 3.38. The van der Waals surface area contributed by atoms with Crippen molar-refractivity contribution in [1.82, 2.24) is 5.32 Å². The van der Waals surface area contributed by atoms with Crippen molar-refractivity contribution in [2.75, 3.05) is 5.73 Å². The van der Waals surface area contributed by atoms with Crippen molar-refractivity contribution in [2.45, 2.75) is 19.4 Å². The van der Waals surface area contributed by atoms with Gasteiger partial charge in [-0.1, -0.05) is 6.07 Å². The number of hydrogen-bond donors (Lipinski definition) is 2. The maximum atomic E-state index is 12.1. The molecule has 7 nitrogen and oxygen atoms in total. The van der Waals surface area contributed by atoms with Crippen LogP contribution in [0.2, 0.25) is 0 Å². The number of hydrogen-bond acceptors (Lipinski definition) is 5. The van der Waals surface area contributed by atoms with Crippen molar-refractivity contribution in [3.63, 3.8) is 0 Å². The van der Waals surface area contributed by atoms with Crippen LogP contribution in [-0.4, -0.2) is 16.9 Å². The minimum absolute atomic E-state index is 0.0931. The van der Waals surface area contributed by atoms with Gasteiger partial charge in [0.2, 0.25) is 0 Å². The van der Waals surface area contributed by atoms with Crippen LogP contribution in [0.3, 0.4) is 0 Å². The number of amides is 1. The molecule has 1 aromatic carbocycles. The van der Waals surface area contributed by atoms with E-state index in [1.807, 2.05) is 13.0 Å². The van der Waals surface area contributed by atoms with Gasteiger partial charge in [-0.25, -0.2) is 0 Å². The van der Waals surface area contributed by atoms with Gasteiger partial charge in [-0.05, 0) is 25.1 Å². The number of furan rings is 1. The Balaban J connectivity index is 2.10. The van der Waals surface area contributed by atoms with E-state index >= 15 is 0 Å². The molecule has 7 heteroatoms. The number of nitrogen functional groups attached to an aromatic ring is 1. The van der Waals surface area contributed by atoms with Gasteiger partial charge in [0, 0.05) is 18.5 Å². The molecule has 1 atom stereocenters. The Bertz CT molecular complexity index is 652. The summed E-state index contributed by atoms with van der Waals surface area (Å²) in [7, 11) is 0. The van der Waals surface area contributed by atoms with Crippen molar-refractivity contribution in [3.05, 3.63) is 58.0 Å². The van der Waals surface area contributed by atoms with Crippen LogP contribution < -0.4 is 11.1 Å². The number of carbonyl (C=O) groups excluding carboxylic acids is 1. The minimum atomic E-state index is -0.613. The van der Waals surface area contributed by atoms with E-state index in [0.29, 0.717) is 6.42 Å². The first kappa shape index (κ1) is 14.6. The predicted octanol–water partition coefficient (Wildman–Crippen LogP) is 2.13. The smallest absolute Gasteiger partial charge is 0.292 e. The number of para-hydroxylation sites is 1. The molecule has 0 aliphatic heterocycles. The van der Waals surface area contributed by atoms with E-state index in [-0.39, 0.29) is 23.0 Å². The topological polar surface area (TPSA) is 111 Å². The van der Waals surface area contributed by atoms with Crippen LogP contribution in [0.25, 0.3) is 0 Å². The average molecular weight is 289 g/mol. The summed E-state index contributed by atoms with van der Waals surface area (Å²) in [5.74, 6) is 0.296. The van der Waals surface area contributed by atoms with Crippen LogP contribution in [0.4, 0.5) is 11.4 Å². The molecule has 0 radical (unpaired) electrons. The van der Waals surface area contributed by atoms with E-state index in [1.54, 1.807) is 12.3 Å². The summed E-state index contributed by atoms with van der Waals surface area (Å²) in [4.78, 5) is 22.3. The number of nitrogens with two attached hydrogens (primary N) is 1. The number of anilines is 1. The summed E-state index contributed by atoms with van der Waals surface area (Å²) in [6.07, 6.45) is 2.08. The molecule has 21 heavy (non-hydrogen) atoms. The standard InChI is InChI=1S/C14H15N3O4/c1-9(8-10-4-3-7-21-10)16-14(18)11-5-2-6-12(13(11)15)17(19)20/h2-7,9H,8,15H2,1H3,(H,16,18). The van der Waals surface area contributed by atoms with Gasteiger partial charge in [-0.15, -0.1) is 0 Å². The highest BCUT2D eigenvalue weighted by molar-refractivity contribution is 6.01. The Morgan fingerprint density at radius 3 is 2.81 bits per heavy atom. The lowest BCUT2D eigenvalue weighted by Crippen LogP contribution is -2.34. The first-order valence-corrected chi connectivity index (χ1v) is 6.35. The molecule has 0 fully saturated rings. The van der Waals surface area contributed by atoms with Crippen LogP contribution >= 0.6 is 0 Å². The fraction of sp³-hybridized carbons (Fsp3) is 0.214. The van der Waals surface area contributed by atoms with Gasteiger partial charge in [0.05, 0.1) is 16.7 Å². The zero-order valence-electron chi connectivity index (χ0n) is 11.4. The molecule has 1 aromatic heterocycles. The Morgan fingerprint density at radius 1 is 1.43 bits per heavy atom. The molecule has 0 aliphatic rings. The zero-order chi connectivity index (χ0) is 15.4. The highest BCUT2D eigenvalue weighted by Gasteiger charge is 2.20. The third-order valence-electron chi connectivity index (χ3n) is 2.99. The van der Waals surface area contributed by atoms with Crippen molar-refractivity contribution >= 4 is 17.3 Å². The normalized spacial score (nSPS) is 11.9. The minimum Gasteiger partial charge on any atom is -0.469 e. The van der Waals surface area contributed by atoms with Crippen LogP contribution in [0.5, 0.6) is 0 Å². The van der Waals surface area contributed by atoms with Crippen molar-refractivity contribution in [1.29, 1.82) is 0 Å². The quantitative estimate of drug-likeness (QED) is 0.497. The Kier molecular flexibility index (Phi) is 4.22. The highest BCUT2D eigenvalue weighted by atomic mass is 16.6. The van der Waals surface area contributed by atoms with Gasteiger partial charge in [0.15, 0.2) is 0 Å². The lowest BCUT2D eigenvalue weighted by molar-refractivity contribution is -0.383. The van der Waals surface area contributed by atoms with Gasteiger partial charge in [-0.3, -0.25) is 14.9 Å². The first-order chi connectivity index (χ1) is 9.99. The Hall–Kier alpha value is -2.83. The fourth-order valence-electron chi connectivity index (χ4n) is 1.99. The molecule has 0 aliphatic carbocycles. The molecule has 0 spiro atoms. The fourth-order valence-corrected chi connectivity index (χ4v) is 1.99. The maximum absolute atomic E-state index is 12.1. The molecule has 3 N–H and O–H groups in total. The van der Waals surface area contributed by atoms with Gasteiger partial charge in [-0.2, -0.15) is 0 Å². The Labute approximate surface area is 120 Å². The summed E-state index contributed by atoms with van der Waals surface area (Å²) in [6.45, 7) is 1.81. The van der Waals surface area contributed by atoms with Crippen molar-refractivity contribution < 1.29 is 14.1 Å². The molecule has 110 valence electrons. The Morgan fingerprint density at radius 2 is 2.19 bits per heavy atom. The lowest BCUT2D eigenvalue weighted by atomic mass is 10.1. The summed E-state index contributed by atoms with van der Waals surface area (Å²) in [5.41, 5.74) is 5.36. The van der Waals surface area contributed by atoms with Crippen LogP contribution in [0.15, 0.2) is 41.0 Å². The lowest BCUT2D eigenvalue weighted by Gasteiger charge is -2.13. The number of nitrogens with one attached hydrogen (secondary N) is 1. The average Bonchev–Trinajstić information content (AvgIpc) is 2.91. The number of nitro benzene ring substituents is 1. The summed E-state index contributed by atoms with van der Waals surface area (Å²) in [6, 6.07) is 7.53. The van der Waals surface area contributed by atoms with E-state index in [9.17, 15) is 14.9 Å². The molecule has 0 bridgehead atoms. The van der Waals surface area contributed by atoms with Gasteiger partial charge >= 0.3 is 0 Å². The van der Waals surface area contributed by atoms with Gasteiger partial charge in [0.1, 0.15) is 11.4 Å². The van der Waals surface area contributed by atoms with E-state index in [4.69, 9.17) is 10.2 Å².